The fourth-order valence-corrected chi connectivity index (χ4v) is 3.36. The van der Waals surface area contributed by atoms with Crippen LogP contribution in [0.15, 0.2) is 15.6 Å². The molecule has 1 heterocycles. The normalized spacial score (nSPS) is 20.3. The highest BCUT2D eigenvalue weighted by Gasteiger charge is 2.19. The summed E-state index contributed by atoms with van der Waals surface area (Å²) in [6, 6.07) is 0.613. The summed E-state index contributed by atoms with van der Waals surface area (Å²) in [5, 5.41) is 1.51. The first-order valence-electron chi connectivity index (χ1n) is 7.11. The van der Waals surface area contributed by atoms with E-state index in [-0.39, 0.29) is 0 Å². The minimum Gasteiger partial charge on any atom is -0.364 e. The van der Waals surface area contributed by atoms with Gasteiger partial charge in [-0.25, -0.2) is 0 Å². The van der Waals surface area contributed by atoms with Gasteiger partial charge in [-0.3, -0.25) is 4.99 Å². The maximum absolute atomic E-state index is 4.49. The Balaban J connectivity index is 2.58. The molecule has 0 aliphatic carbocycles. The number of nitrogens with zero attached hydrogens (tertiary/aromatic N) is 2. The van der Waals surface area contributed by atoms with E-state index in [9.17, 15) is 0 Å². The van der Waals surface area contributed by atoms with Crippen LogP contribution >= 0.6 is 11.8 Å². The van der Waals surface area contributed by atoms with Crippen LogP contribution in [0.3, 0.4) is 0 Å². The van der Waals surface area contributed by atoms with Crippen molar-refractivity contribution in [3.63, 3.8) is 0 Å². The second-order valence-electron chi connectivity index (χ2n) is 5.62. The number of hydrogen-bond acceptors (Lipinski definition) is 3. The van der Waals surface area contributed by atoms with Crippen molar-refractivity contribution in [1.82, 2.24) is 4.90 Å². The average Bonchev–Trinajstić information content (AvgIpc) is 2.34. The fourth-order valence-electron chi connectivity index (χ4n) is 2.07. The van der Waals surface area contributed by atoms with E-state index in [1.807, 2.05) is 11.8 Å². The van der Waals surface area contributed by atoms with Gasteiger partial charge in [0, 0.05) is 31.1 Å². The SMILES string of the molecule is C/C(CC/N=C/C(C)C)=C1\SCCCN1C(C)C. The lowest BCUT2D eigenvalue weighted by molar-refractivity contribution is 0.295. The summed E-state index contributed by atoms with van der Waals surface area (Å²) in [4.78, 5) is 7.04. The van der Waals surface area contributed by atoms with E-state index in [0.717, 1.165) is 13.0 Å². The number of rotatable bonds is 5. The van der Waals surface area contributed by atoms with Gasteiger partial charge in [-0.15, -0.1) is 11.8 Å². The zero-order chi connectivity index (χ0) is 13.5. The van der Waals surface area contributed by atoms with E-state index in [1.165, 1.54) is 29.3 Å². The Morgan fingerprint density at radius 1 is 1.39 bits per heavy atom. The standard InChI is InChI=1S/C15H28N2S/c1-12(2)11-16-8-7-14(5)15-17(13(3)4)9-6-10-18-15/h11-13H,6-10H2,1-5H3/b15-14+,16-11+. The average molecular weight is 268 g/mol. The first kappa shape index (κ1) is 15.6. The molecule has 1 rings (SSSR count). The molecule has 3 heteroatoms. The lowest BCUT2D eigenvalue weighted by Crippen LogP contribution is -2.33. The molecule has 0 N–H and O–H groups in total. The largest absolute Gasteiger partial charge is 0.364 e. The first-order valence-corrected chi connectivity index (χ1v) is 8.10. The van der Waals surface area contributed by atoms with E-state index in [0.29, 0.717) is 12.0 Å². The van der Waals surface area contributed by atoms with Crippen LogP contribution in [-0.2, 0) is 0 Å². The third-order valence-electron chi connectivity index (χ3n) is 3.05. The molecule has 0 aromatic carbocycles. The summed E-state index contributed by atoms with van der Waals surface area (Å²) in [7, 11) is 0. The zero-order valence-corrected chi connectivity index (χ0v) is 13.4. The molecule has 1 aliphatic rings. The molecule has 1 fully saturated rings. The Morgan fingerprint density at radius 2 is 2.11 bits per heavy atom. The summed E-state index contributed by atoms with van der Waals surface area (Å²) < 4.78 is 0. The maximum atomic E-state index is 4.49. The highest BCUT2D eigenvalue weighted by Crippen LogP contribution is 2.32. The molecule has 104 valence electrons. The summed E-state index contributed by atoms with van der Waals surface area (Å²) >= 11 is 2.03. The fraction of sp³-hybridized carbons (Fsp3) is 0.800. The second kappa shape index (κ2) is 7.88. The van der Waals surface area contributed by atoms with Gasteiger partial charge >= 0.3 is 0 Å². The van der Waals surface area contributed by atoms with Crippen molar-refractivity contribution in [1.29, 1.82) is 0 Å². The van der Waals surface area contributed by atoms with Crippen molar-refractivity contribution < 1.29 is 0 Å². The lowest BCUT2D eigenvalue weighted by Gasteiger charge is -2.36. The van der Waals surface area contributed by atoms with E-state index < -0.39 is 0 Å². The van der Waals surface area contributed by atoms with Crippen molar-refractivity contribution in [3.05, 3.63) is 10.6 Å². The van der Waals surface area contributed by atoms with Crippen LogP contribution in [-0.4, -0.2) is 36.0 Å². The van der Waals surface area contributed by atoms with Crippen molar-refractivity contribution in [3.8, 4) is 0 Å². The van der Waals surface area contributed by atoms with Crippen molar-refractivity contribution in [2.75, 3.05) is 18.8 Å². The molecular weight excluding hydrogens is 240 g/mol. The quantitative estimate of drug-likeness (QED) is 0.695. The molecule has 18 heavy (non-hydrogen) atoms. The summed E-state index contributed by atoms with van der Waals surface area (Å²) in [6.45, 7) is 13.3. The van der Waals surface area contributed by atoms with Gasteiger partial charge in [0.25, 0.3) is 0 Å². The van der Waals surface area contributed by atoms with Crippen LogP contribution in [0, 0.1) is 5.92 Å². The first-order chi connectivity index (χ1) is 8.52. The molecule has 0 aromatic heterocycles. The zero-order valence-electron chi connectivity index (χ0n) is 12.6. The Morgan fingerprint density at radius 3 is 2.72 bits per heavy atom. The Hall–Kier alpha value is -0.440. The van der Waals surface area contributed by atoms with Gasteiger partial charge in [-0.1, -0.05) is 13.8 Å². The van der Waals surface area contributed by atoms with Gasteiger partial charge < -0.3 is 4.90 Å². The highest BCUT2D eigenvalue weighted by atomic mass is 32.2. The Labute approximate surface area is 117 Å². The number of hydrogen-bond donors (Lipinski definition) is 0. The molecule has 1 saturated heterocycles. The third kappa shape index (κ3) is 5.05. The van der Waals surface area contributed by atoms with Crippen LogP contribution in [0.5, 0.6) is 0 Å². The van der Waals surface area contributed by atoms with Crippen LogP contribution in [0.2, 0.25) is 0 Å². The van der Waals surface area contributed by atoms with E-state index >= 15 is 0 Å². The maximum Gasteiger partial charge on any atom is 0.0699 e. The third-order valence-corrected chi connectivity index (χ3v) is 4.40. The monoisotopic (exact) mass is 268 g/mol. The molecule has 0 atom stereocenters. The molecule has 0 radical (unpaired) electrons. The highest BCUT2D eigenvalue weighted by molar-refractivity contribution is 8.03. The minimum atomic E-state index is 0.564. The van der Waals surface area contributed by atoms with Gasteiger partial charge in [0.1, 0.15) is 0 Å². The molecule has 0 aromatic rings. The summed E-state index contributed by atoms with van der Waals surface area (Å²) in [6.07, 6.45) is 4.46. The van der Waals surface area contributed by atoms with Crippen molar-refractivity contribution >= 4 is 18.0 Å². The van der Waals surface area contributed by atoms with Crippen LogP contribution in [0.4, 0.5) is 0 Å². The van der Waals surface area contributed by atoms with E-state index in [4.69, 9.17) is 0 Å². The van der Waals surface area contributed by atoms with Gasteiger partial charge in [0.15, 0.2) is 0 Å². The van der Waals surface area contributed by atoms with Gasteiger partial charge in [-0.05, 0) is 45.1 Å². The molecule has 0 spiro atoms. The molecule has 0 saturated carbocycles. The van der Waals surface area contributed by atoms with E-state index in [2.05, 4.69) is 50.7 Å². The Kier molecular flexibility index (Phi) is 6.83. The van der Waals surface area contributed by atoms with Crippen LogP contribution in [0.25, 0.3) is 0 Å². The molecule has 1 aliphatic heterocycles. The van der Waals surface area contributed by atoms with Crippen molar-refractivity contribution in [2.24, 2.45) is 10.9 Å². The molecular formula is C15H28N2S. The van der Waals surface area contributed by atoms with Gasteiger partial charge in [-0.2, -0.15) is 0 Å². The summed E-state index contributed by atoms with van der Waals surface area (Å²) in [5.74, 6) is 1.83. The van der Waals surface area contributed by atoms with Crippen LogP contribution in [0.1, 0.15) is 47.5 Å². The molecule has 0 unspecified atom stereocenters. The van der Waals surface area contributed by atoms with E-state index in [1.54, 1.807) is 0 Å². The van der Waals surface area contributed by atoms with Gasteiger partial charge in [0.05, 0.1) is 5.03 Å². The Bertz CT molecular complexity index is 306. The molecule has 2 nitrogen and oxygen atoms in total. The summed E-state index contributed by atoms with van der Waals surface area (Å²) in [5.41, 5.74) is 1.51. The minimum absolute atomic E-state index is 0.564. The predicted octanol–water partition coefficient (Wildman–Crippen LogP) is 4.18. The molecule has 0 bridgehead atoms. The lowest BCUT2D eigenvalue weighted by atomic mass is 10.2. The van der Waals surface area contributed by atoms with Crippen molar-refractivity contribution in [2.45, 2.75) is 53.5 Å². The number of aliphatic imine (C=N–C) groups is 1. The second-order valence-corrected chi connectivity index (χ2v) is 6.71. The predicted molar refractivity (Wildman–Crippen MR) is 84.4 cm³/mol. The molecule has 0 amide bonds. The number of thioether (sulfide) groups is 1. The van der Waals surface area contributed by atoms with Crippen LogP contribution < -0.4 is 0 Å². The van der Waals surface area contributed by atoms with Gasteiger partial charge in [0.2, 0.25) is 0 Å². The topological polar surface area (TPSA) is 15.6 Å². The smallest absolute Gasteiger partial charge is 0.0699 e.